The fourth-order valence-corrected chi connectivity index (χ4v) is 5.28. The minimum atomic E-state index is -1.21. The van der Waals surface area contributed by atoms with E-state index in [9.17, 15) is 24.3 Å². The number of benzene rings is 2. The summed E-state index contributed by atoms with van der Waals surface area (Å²) in [6.45, 7) is 0.118. The van der Waals surface area contributed by atoms with Crippen LogP contribution in [-0.2, 0) is 37.2 Å². The topological polar surface area (TPSA) is 117 Å². The van der Waals surface area contributed by atoms with Gasteiger partial charge in [0, 0.05) is 13.0 Å². The maximum absolute atomic E-state index is 14.0. The molecule has 10 nitrogen and oxygen atoms in total. The van der Waals surface area contributed by atoms with Gasteiger partial charge in [0.2, 0.25) is 12.3 Å². The quantitative estimate of drug-likeness (QED) is 0.321. The van der Waals surface area contributed by atoms with Crippen molar-refractivity contribution in [3.63, 3.8) is 0 Å². The van der Waals surface area contributed by atoms with Gasteiger partial charge in [-0.15, -0.1) is 0 Å². The normalized spacial score (nSPS) is 18.1. The molecule has 2 fully saturated rings. The van der Waals surface area contributed by atoms with Crippen LogP contribution >= 0.6 is 0 Å². The maximum Gasteiger partial charge on any atom is 0.429 e. The molecule has 0 bridgehead atoms. The van der Waals surface area contributed by atoms with Crippen molar-refractivity contribution in [3.8, 4) is 0 Å². The molecule has 2 aromatic carbocycles. The monoisotopic (exact) mass is 537 g/mol. The van der Waals surface area contributed by atoms with E-state index in [2.05, 4.69) is 0 Å². The van der Waals surface area contributed by atoms with Gasteiger partial charge in [0.05, 0.1) is 12.5 Å². The molecule has 3 amide bonds. The molecule has 1 saturated heterocycles. The Kier molecular flexibility index (Phi) is 9.91. The summed E-state index contributed by atoms with van der Waals surface area (Å²) >= 11 is 0. The van der Waals surface area contributed by atoms with Gasteiger partial charge in [-0.25, -0.2) is 24.7 Å². The van der Waals surface area contributed by atoms with Crippen molar-refractivity contribution in [3.05, 3.63) is 71.8 Å². The number of hydrogen-bond donors (Lipinski definition) is 1. The van der Waals surface area contributed by atoms with E-state index in [0.29, 0.717) is 12.8 Å². The Morgan fingerprint density at radius 2 is 1.56 bits per heavy atom. The molecule has 0 spiro atoms. The third-order valence-corrected chi connectivity index (χ3v) is 7.30. The minimum absolute atomic E-state index is 0.00626. The van der Waals surface area contributed by atoms with E-state index in [1.807, 2.05) is 48.5 Å². The van der Waals surface area contributed by atoms with E-state index >= 15 is 0 Å². The third-order valence-electron chi connectivity index (χ3n) is 7.30. The lowest BCUT2D eigenvalue weighted by atomic mass is 9.92. The molecule has 1 aliphatic carbocycles. The highest BCUT2D eigenvalue weighted by Crippen LogP contribution is 2.33. The molecular formula is C29H35N3O7. The zero-order valence-corrected chi connectivity index (χ0v) is 21.9. The van der Waals surface area contributed by atoms with Crippen LogP contribution in [0.25, 0.3) is 0 Å². The first-order chi connectivity index (χ1) is 19.0. The lowest BCUT2D eigenvalue weighted by Crippen LogP contribution is -2.54. The Balaban J connectivity index is 1.50. The SMILES string of the molecule is O=CN(CC(CC1CCCC1)C(=O)N1C(C(=O)O)CCN1C(=O)OCc1ccccc1)OCc1ccccc1. The Hall–Kier alpha value is -3.92. The van der Waals surface area contributed by atoms with E-state index in [1.54, 1.807) is 12.1 Å². The average molecular weight is 538 g/mol. The van der Waals surface area contributed by atoms with Crippen molar-refractivity contribution in [2.45, 2.75) is 57.8 Å². The van der Waals surface area contributed by atoms with Crippen molar-refractivity contribution >= 4 is 24.4 Å². The van der Waals surface area contributed by atoms with E-state index in [0.717, 1.165) is 51.9 Å². The second-order valence-corrected chi connectivity index (χ2v) is 10.0. The van der Waals surface area contributed by atoms with Gasteiger partial charge in [-0.05, 0) is 23.5 Å². The van der Waals surface area contributed by atoms with Gasteiger partial charge in [-0.3, -0.25) is 14.4 Å². The first-order valence-corrected chi connectivity index (χ1v) is 13.4. The number of amides is 3. The second kappa shape index (κ2) is 13.7. The number of aliphatic carboxylic acids is 1. The Bertz CT molecular complexity index is 1110. The Morgan fingerprint density at radius 3 is 2.15 bits per heavy atom. The van der Waals surface area contributed by atoms with Crippen LogP contribution in [0.3, 0.4) is 0 Å². The number of ether oxygens (including phenoxy) is 1. The summed E-state index contributed by atoms with van der Waals surface area (Å²) in [7, 11) is 0. The fourth-order valence-electron chi connectivity index (χ4n) is 5.28. The number of carbonyl (C=O) groups is 4. The zero-order valence-electron chi connectivity index (χ0n) is 21.9. The van der Waals surface area contributed by atoms with Gasteiger partial charge in [0.15, 0.2) is 6.04 Å². The summed E-state index contributed by atoms with van der Waals surface area (Å²) in [5.74, 6) is -2.21. The highest BCUT2D eigenvalue weighted by Gasteiger charge is 2.46. The molecule has 1 N–H and O–H groups in total. The number of hydrogen-bond acceptors (Lipinski definition) is 6. The van der Waals surface area contributed by atoms with Crippen LogP contribution in [0.1, 0.15) is 49.7 Å². The fraction of sp³-hybridized carbons (Fsp3) is 0.448. The summed E-state index contributed by atoms with van der Waals surface area (Å²) in [4.78, 5) is 56.7. The van der Waals surface area contributed by atoms with Crippen LogP contribution in [0, 0.1) is 11.8 Å². The van der Waals surface area contributed by atoms with Crippen LogP contribution in [0.15, 0.2) is 60.7 Å². The molecule has 0 aromatic heterocycles. The first-order valence-electron chi connectivity index (χ1n) is 13.4. The molecular weight excluding hydrogens is 502 g/mol. The highest BCUT2D eigenvalue weighted by molar-refractivity contribution is 5.88. The van der Waals surface area contributed by atoms with Crippen molar-refractivity contribution in [2.75, 3.05) is 13.1 Å². The summed E-state index contributed by atoms with van der Waals surface area (Å²) in [5, 5.41) is 13.1. The van der Waals surface area contributed by atoms with E-state index < -0.39 is 29.9 Å². The molecule has 1 heterocycles. The van der Waals surface area contributed by atoms with Gasteiger partial charge in [-0.2, -0.15) is 0 Å². The number of hydroxylamine groups is 2. The number of carbonyl (C=O) groups excluding carboxylic acids is 3. The maximum atomic E-state index is 14.0. The predicted molar refractivity (Wildman–Crippen MR) is 140 cm³/mol. The molecule has 2 aliphatic rings. The van der Waals surface area contributed by atoms with E-state index in [-0.39, 0.29) is 38.6 Å². The summed E-state index contributed by atoms with van der Waals surface area (Å²) < 4.78 is 5.43. The van der Waals surface area contributed by atoms with E-state index in [1.165, 1.54) is 0 Å². The lowest BCUT2D eigenvalue weighted by molar-refractivity contribution is -0.186. The number of rotatable bonds is 12. The second-order valence-electron chi connectivity index (χ2n) is 10.0. The number of carboxylic acid groups (broad SMARTS) is 1. The van der Waals surface area contributed by atoms with Gasteiger partial charge in [-0.1, -0.05) is 86.3 Å². The molecule has 0 radical (unpaired) electrons. The van der Waals surface area contributed by atoms with Gasteiger partial charge < -0.3 is 9.84 Å². The molecule has 2 aromatic rings. The number of nitrogens with zero attached hydrogens (tertiary/aromatic N) is 3. The summed E-state index contributed by atoms with van der Waals surface area (Å²) in [5.41, 5.74) is 1.63. The van der Waals surface area contributed by atoms with Gasteiger partial charge in [0.1, 0.15) is 13.2 Å². The Labute approximate surface area is 228 Å². The molecule has 4 rings (SSSR count). The van der Waals surface area contributed by atoms with Crippen LogP contribution in [0.2, 0.25) is 0 Å². The highest BCUT2D eigenvalue weighted by atomic mass is 16.7. The number of hydrazine groups is 1. The van der Waals surface area contributed by atoms with Crippen LogP contribution < -0.4 is 0 Å². The van der Waals surface area contributed by atoms with Crippen molar-refractivity contribution in [2.24, 2.45) is 11.8 Å². The minimum Gasteiger partial charge on any atom is -0.480 e. The molecule has 39 heavy (non-hydrogen) atoms. The van der Waals surface area contributed by atoms with Crippen molar-refractivity contribution < 1.29 is 33.9 Å². The molecule has 2 atom stereocenters. The average Bonchev–Trinajstić information content (AvgIpc) is 3.64. The van der Waals surface area contributed by atoms with Crippen LogP contribution in [0.5, 0.6) is 0 Å². The smallest absolute Gasteiger partial charge is 0.429 e. The van der Waals surface area contributed by atoms with E-state index in [4.69, 9.17) is 9.57 Å². The van der Waals surface area contributed by atoms with Gasteiger partial charge in [0.25, 0.3) is 0 Å². The first kappa shape index (κ1) is 28.1. The molecule has 208 valence electrons. The van der Waals surface area contributed by atoms with Crippen molar-refractivity contribution in [1.29, 1.82) is 0 Å². The Morgan fingerprint density at radius 1 is 0.949 bits per heavy atom. The van der Waals surface area contributed by atoms with Crippen LogP contribution in [0.4, 0.5) is 4.79 Å². The van der Waals surface area contributed by atoms with Crippen molar-refractivity contribution in [1.82, 2.24) is 15.1 Å². The lowest BCUT2D eigenvalue weighted by Gasteiger charge is -2.34. The number of carboxylic acids is 1. The van der Waals surface area contributed by atoms with Gasteiger partial charge >= 0.3 is 12.1 Å². The molecule has 10 heteroatoms. The molecule has 1 saturated carbocycles. The summed E-state index contributed by atoms with van der Waals surface area (Å²) in [6.07, 6.45) is 4.33. The third kappa shape index (κ3) is 7.57. The molecule has 1 aliphatic heterocycles. The zero-order chi connectivity index (χ0) is 27.6. The summed E-state index contributed by atoms with van der Waals surface area (Å²) in [6, 6.07) is 17.2. The predicted octanol–water partition coefficient (Wildman–Crippen LogP) is 4.01. The largest absolute Gasteiger partial charge is 0.480 e. The molecule has 2 unspecified atom stereocenters. The van der Waals surface area contributed by atoms with Crippen LogP contribution in [-0.4, -0.2) is 63.7 Å². The standard InChI is InChI=1S/C29H35N3O7/c33-21-30(39-20-24-13-5-2-6-14-24)18-25(17-22-9-7-8-10-22)27(34)32-26(28(35)36)15-16-31(32)29(37)38-19-23-11-3-1-4-12-23/h1-6,11-14,21-22,25-26H,7-10,15-20H2,(H,35,36).